The summed E-state index contributed by atoms with van der Waals surface area (Å²) >= 11 is 0. The van der Waals surface area contributed by atoms with Crippen LogP contribution >= 0.6 is 0 Å². The van der Waals surface area contributed by atoms with Crippen LogP contribution in [0.5, 0.6) is 11.5 Å². The smallest absolute Gasteiger partial charge is 0.251 e. The minimum atomic E-state index is -0.327. The SMILES string of the molecule is N#Cc1cc(CNC2CCN(C[C@@H]3Cn4c(=O)ccc5ncc(F)c3c54)CC2)cc2c1OCCO2. The van der Waals surface area contributed by atoms with E-state index in [1.165, 1.54) is 12.3 Å². The van der Waals surface area contributed by atoms with E-state index in [9.17, 15) is 14.4 Å². The second kappa shape index (κ2) is 8.95. The largest absolute Gasteiger partial charge is 0.486 e. The molecule has 35 heavy (non-hydrogen) atoms. The van der Waals surface area contributed by atoms with Crippen molar-refractivity contribution in [2.75, 3.05) is 32.8 Å². The molecule has 1 fully saturated rings. The van der Waals surface area contributed by atoms with E-state index in [2.05, 4.69) is 21.3 Å². The zero-order valence-electron chi connectivity index (χ0n) is 19.3. The second-order valence-corrected chi connectivity index (χ2v) is 9.47. The third-order valence-electron chi connectivity index (χ3n) is 7.29. The van der Waals surface area contributed by atoms with Gasteiger partial charge in [-0.1, -0.05) is 0 Å². The Morgan fingerprint density at radius 3 is 2.86 bits per heavy atom. The van der Waals surface area contributed by atoms with E-state index in [1.807, 2.05) is 12.1 Å². The van der Waals surface area contributed by atoms with E-state index in [0.29, 0.717) is 66.0 Å². The van der Waals surface area contributed by atoms with Gasteiger partial charge in [-0.2, -0.15) is 5.26 Å². The molecule has 1 atom stereocenters. The summed E-state index contributed by atoms with van der Waals surface area (Å²) < 4.78 is 27.7. The fraction of sp³-hybridized carbons (Fsp3) is 0.423. The Morgan fingerprint density at radius 2 is 2.03 bits per heavy atom. The van der Waals surface area contributed by atoms with Crippen LogP contribution in [0.4, 0.5) is 4.39 Å². The third-order valence-corrected chi connectivity index (χ3v) is 7.29. The summed E-state index contributed by atoms with van der Waals surface area (Å²) in [5.74, 6) is 0.792. The van der Waals surface area contributed by atoms with Gasteiger partial charge in [0.2, 0.25) is 0 Å². The minimum absolute atomic E-state index is 0.0535. The standard InChI is InChI=1S/C26H26FN5O3/c27-20-13-30-21-1-2-23(33)32-15-18(24(20)25(21)32)14-31-5-3-19(4-6-31)29-12-16-9-17(11-28)26-22(10-16)34-7-8-35-26/h1-2,9-10,13,18-19,29H,3-8,12,14-15H2/t18-/m1/s1. The normalized spacial score (nSPS) is 19.7. The lowest BCUT2D eigenvalue weighted by molar-refractivity contribution is 0.170. The van der Waals surface area contributed by atoms with Crippen LogP contribution in [0.3, 0.4) is 0 Å². The molecule has 0 amide bonds. The maximum Gasteiger partial charge on any atom is 0.251 e. The van der Waals surface area contributed by atoms with E-state index in [4.69, 9.17) is 9.47 Å². The van der Waals surface area contributed by atoms with Gasteiger partial charge in [0.25, 0.3) is 5.56 Å². The summed E-state index contributed by atoms with van der Waals surface area (Å²) in [5, 5.41) is 13.1. The average Bonchev–Trinajstić information content (AvgIpc) is 3.28. The quantitative estimate of drug-likeness (QED) is 0.606. The summed E-state index contributed by atoms with van der Waals surface area (Å²) in [7, 11) is 0. The zero-order valence-corrected chi connectivity index (χ0v) is 19.3. The lowest BCUT2D eigenvalue weighted by Gasteiger charge is -2.34. The molecule has 5 heterocycles. The molecule has 0 unspecified atom stereocenters. The van der Waals surface area contributed by atoms with Gasteiger partial charge in [-0.05, 0) is 49.7 Å². The van der Waals surface area contributed by atoms with Gasteiger partial charge < -0.3 is 24.3 Å². The molecule has 6 rings (SSSR count). The number of halogens is 1. The Morgan fingerprint density at radius 1 is 1.20 bits per heavy atom. The first-order chi connectivity index (χ1) is 17.1. The van der Waals surface area contributed by atoms with Crippen LogP contribution in [-0.2, 0) is 13.1 Å². The third kappa shape index (κ3) is 4.03. The van der Waals surface area contributed by atoms with Crippen molar-refractivity contribution in [2.24, 2.45) is 0 Å². The molecule has 0 saturated carbocycles. The summed E-state index contributed by atoms with van der Waals surface area (Å²) in [6.45, 7) is 4.62. The number of rotatable bonds is 5. The van der Waals surface area contributed by atoms with Gasteiger partial charge in [0, 0.05) is 43.2 Å². The Hall–Kier alpha value is -3.48. The number of benzene rings is 1. The Kier molecular flexibility index (Phi) is 5.63. The van der Waals surface area contributed by atoms with Gasteiger partial charge in [0.05, 0.1) is 22.8 Å². The summed E-state index contributed by atoms with van der Waals surface area (Å²) in [4.78, 5) is 18.9. The maximum absolute atomic E-state index is 14.7. The highest BCUT2D eigenvalue weighted by Crippen LogP contribution is 2.36. The van der Waals surface area contributed by atoms with E-state index >= 15 is 0 Å². The van der Waals surface area contributed by atoms with Crippen molar-refractivity contribution < 1.29 is 13.9 Å². The second-order valence-electron chi connectivity index (χ2n) is 9.47. The summed E-state index contributed by atoms with van der Waals surface area (Å²) in [6, 6.07) is 9.56. The van der Waals surface area contributed by atoms with Crippen molar-refractivity contribution in [1.29, 1.82) is 5.26 Å². The molecule has 1 aromatic carbocycles. The predicted octanol–water partition coefficient (Wildman–Crippen LogP) is 2.53. The number of likely N-dealkylation sites (tertiary alicyclic amines) is 1. The van der Waals surface area contributed by atoms with Gasteiger partial charge in [-0.15, -0.1) is 0 Å². The predicted molar refractivity (Wildman–Crippen MR) is 127 cm³/mol. The number of hydrogen-bond acceptors (Lipinski definition) is 7. The fourth-order valence-electron chi connectivity index (χ4n) is 5.58. The molecule has 0 spiro atoms. The van der Waals surface area contributed by atoms with Crippen LogP contribution in [0, 0.1) is 17.1 Å². The molecule has 3 aromatic rings. The van der Waals surface area contributed by atoms with Crippen LogP contribution in [-0.4, -0.2) is 53.3 Å². The summed E-state index contributed by atoms with van der Waals surface area (Å²) in [5.41, 5.74) is 3.35. The van der Waals surface area contributed by atoms with Gasteiger partial charge in [-0.3, -0.25) is 9.78 Å². The number of nitrogens with one attached hydrogen (secondary N) is 1. The Labute approximate surface area is 201 Å². The zero-order chi connectivity index (χ0) is 23.9. The molecule has 1 saturated heterocycles. The number of ether oxygens (including phenoxy) is 2. The maximum atomic E-state index is 14.7. The molecule has 8 nitrogen and oxygen atoms in total. The molecule has 1 N–H and O–H groups in total. The number of fused-ring (bicyclic) bond motifs is 1. The molecule has 9 heteroatoms. The summed E-state index contributed by atoms with van der Waals surface area (Å²) in [6.07, 6.45) is 3.23. The minimum Gasteiger partial charge on any atom is -0.486 e. The highest BCUT2D eigenvalue weighted by atomic mass is 19.1. The molecule has 2 aromatic heterocycles. The van der Waals surface area contributed by atoms with E-state index in [0.717, 1.165) is 38.0 Å². The molecule has 0 radical (unpaired) electrons. The van der Waals surface area contributed by atoms with Gasteiger partial charge in [0.1, 0.15) is 25.1 Å². The van der Waals surface area contributed by atoms with Crippen LogP contribution in [0.1, 0.15) is 35.4 Å². The lowest BCUT2D eigenvalue weighted by atomic mass is 9.98. The van der Waals surface area contributed by atoms with Crippen LogP contribution in [0.2, 0.25) is 0 Å². The topological polar surface area (TPSA) is 92.4 Å². The number of aromatic nitrogens is 2. The van der Waals surface area contributed by atoms with Crippen LogP contribution < -0.4 is 20.3 Å². The van der Waals surface area contributed by atoms with Crippen molar-refractivity contribution in [1.82, 2.24) is 19.8 Å². The van der Waals surface area contributed by atoms with Gasteiger partial charge in [0.15, 0.2) is 11.5 Å². The number of pyridine rings is 2. The van der Waals surface area contributed by atoms with Gasteiger partial charge in [-0.25, -0.2) is 4.39 Å². The number of nitrogens with zero attached hydrogens (tertiary/aromatic N) is 4. The number of nitriles is 1. The van der Waals surface area contributed by atoms with Crippen LogP contribution in [0.15, 0.2) is 35.3 Å². The van der Waals surface area contributed by atoms with Gasteiger partial charge >= 0.3 is 0 Å². The fourth-order valence-corrected chi connectivity index (χ4v) is 5.58. The molecule has 180 valence electrons. The lowest BCUT2D eigenvalue weighted by Crippen LogP contribution is -2.43. The monoisotopic (exact) mass is 475 g/mol. The van der Waals surface area contributed by atoms with Crippen molar-refractivity contribution in [3.05, 3.63) is 63.3 Å². The van der Waals surface area contributed by atoms with Crippen molar-refractivity contribution >= 4 is 11.0 Å². The number of hydrogen-bond donors (Lipinski definition) is 1. The van der Waals surface area contributed by atoms with Crippen molar-refractivity contribution in [3.63, 3.8) is 0 Å². The molecule has 3 aliphatic heterocycles. The van der Waals surface area contributed by atoms with E-state index in [-0.39, 0.29) is 17.3 Å². The van der Waals surface area contributed by atoms with Crippen molar-refractivity contribution in [3.8, 4) is 17.6 Å². The molecular formula is C26H26FN5O3. The highest BCUT2D eigenvalue weighted by molar-refractivity contribution is 5.80. The first-order valence-corrected chi connectivity index (χ1v) is 12.1. The van der Waals surface area contributed by atoms with Crippen LogP contribution in [0.25, 0.3) is 11.0 Å². The Bertz CT molecular complexity index is 1390. The molecule has 3 aliphatic rings. The molecule has 0 bridgehead atoms. The van der Waals surface area contributed by atoms with E-state index < -0.39 is 0 Å². The van der Waals surface area contributed by atoms with Crippen molar-refractivity contribution in [2.45, 2.75) is 37.9 Å². The highest BCUT2D eigenvalue weighted by Gasteiger charge is 2.31. The number of piperidine rings is 1. The Balaban J connectivity index is 1.07. The average molecular weight is 476 g/mol. The first kappa shape index (κ1) is 22.0. The molecule has 0 aliphatic carbocycles. The molecular weight excluding hydrogens is 449 g/mol. The van der Waals surface area contributed by atoms with E-state index in [1.54, 1.807) is 10.6 Å². The first-order valence-electron chi connectivity index (χ1n) is 12.1.